The van der Waals surface area contributed by atoms with E-state index >= 15 is 0 Å². The van der Waals surface area contributed by atoms with Gasteiger partial charge in [0.25, 0.3) is 0 Å². The molecule has 70 valence electrons. The molecule has 2 N–H and O–H groups in total. The first-order valence-corrected chi connectivity index (χ1v) is 16.3. The van der Waals surface area contributed by atoms with Crippen molar-refractivity contribution >= 4 is 38.7 Å². The van der Waals surface area contributed by atoms with Crippen LogP contribution in [0.25, 0.3) is 11.5 Å². The van der Waals surface area contributed by atoms with Crippen molar-refractivity contribution in [2.45, 2.75) is 37.8 Å². The van der Waals surface area contributed by atoms with E-state index in [0.29, 0.717) is 11.2 Å². The van der Waals surface area contributed by atoms with Crippen LogP contribution in [0.2, 0.25) is 0 Å². The first kappa shape index (κ1) is 13.1. The molecule has 1 aliphatic carbocycles. The number of halogens is 2. The van der Waals surface area contributed by atoms with E-state index in [9.17, 15) is 0 Å². The van der Waals surface area contributed by atoms with E-state index in [1.165, 1.54) is 0 Å². The predicted octanol–water partition coefficient (Wildman–Crippen LogP) is 4.17. The molecule has 0 heterocycles. The third-order valence-corrected chi connectivity index (χ3v) is 1.73. The van der Waals surface area contributed by atoms with Gasteiger partial charge in [0.15, 0.2) is 0 Å². The molecule has 0 bridgehead atoms. The Hall–Kier alpha value is 2.07. The minimum Gasteiger partial charge on any atom is -0.675 e. The fourth-order valence-electron chi connectivity index (χ4n) is 1.09. The van der Waals surface area contributed by atoms with Crippen molar-refractivity contribution in [2.24, 2.45) is 0 Å². The summed E-state index contributed by atoms with van der Waals surface area (Å²) in [5, 5.41) is 0. The maximum absolute atomic E-state index is 7.28. The number of nitrogens with one attached hydrogen (secondary N) is 2. The summed E-state index contributed by atoms with van der Waals surface area (Å²) in [4.78, 5) is 0. The third kappa shape index (κ3) is 8.40. The summed E-state index contributed by atoms with van der Waals surface area (Å²) in [6.07, 6.45) is 3.81. The molecule has 11 heavy (non-hydrogen) atoms. The minimum absolute atomic E-state index is 0.150. The normalized spacial score (nSPS) is 30.9. The van der Waals surface area contributed by atoms with Gasteiger partial charge < -0.3 is 11.5 Å². The Balaban J connectivity index is 0.000000292. The molecule has 1 fully saturated rings. The van der Waals surface area contributed by atoms with Gasteiger partial charge in [-0.1, -0.05) is 25.7 Å². The summed E-state index contributed by atoms with van der Waals surface area (Å²) in [6.45, 7) is 0. The standard InChI is InChI=1S/C6H12N2.2HI.Pt/c7-5-1-2-6(8)4-3-5;;;/h5-8H,1-4H2;2*1H;/q-2;;;+4/p-2. The van der Waals surface area contributed by atoms with Crippen LogP contribution >= 0.6 is 38.7 Å². The Morgan fingerprint density at radius 3 is 1.27 bits per heavy atom. The smallest absolute Gasteiger partial charge is 0.0710 e. The summed E-state index contributed by atoms with van der Waals surface area (Å²) < 4.78 is 0. The Morgan fingerprint density at radius 2 is 1.09 bits per heavy atom. The second-order valence-electron chi connectivity index (χ2n) is 2.59. The zero-order chi connectivity index (χ0) is 8.69. The van der Waals surface area contributed by atoms with Gasteiger partial charge in [-0.25, -0.2) is 0 Å². The van der Waals surface area contributed by atoms with Gasteiger partial charge in [0, 0.05) is 0 Å². The van der Waals surface area contributed by atoms with E-state index in [1.54, 1.807) is 0 Å². The molecule has 5 heteroatoms. The van der Waals surface area contributed by atoms with E-state index in [0.717, 1.165) is 25.7 Å². The molecule has 0 saturated heterocycles. The van der Waals surface area contributed by atoms with E-state index in [1.807, 2.05) is 0 Å². The molecule has 0 aromatic heterocycles. The monoisotopic (exact) mass is 561 g/mol. The van der Waals surface area contributed by atoms with E-state index in [2.05, 4.69) is 38.7 Å². The number of hydrogen-bond acceptors (Lipinski definition) is 0. The van der Waals surface area contributed by atoms with Crippen LogP contribution in [-0.2, 0) is 11.2 Å². The molecule has 0 spiro atoms. The Morgan fingerprint density at radius 1 is 0.909 bits per heavy atom. The van der Waals surface area contributed by atoms with Crippen molar-refractivity contribution in [2.75, 3.05) is 0 Å². The Bertz CT molecular complexity index is 76.7. The van der Waals surface area contributed by atoms with Gasteiger partial charge in [0.1, 0.15) is 0 Å². The van der Waals surface area contributed by atoms with Gasteiger partial charge in [-0.05, 0) is 0 Å². The summed E-state index contributed by atoms with van der Waals surface area (Å²) >= 11 is 5.30. The molecule has 1 aliphatic rings. The molecular formula is C6H12I2N2Pt. The molecular weight excluding hydrogens is 549 g/mol. The third-order valence-electron chi connectivity index (χ3n) is 1.73. The summed E-state index contributed by atoms with van der Waals surface area (Å²) in [5.74, 6) is 0. The molecule has 0 aromatic rings. The fraction of sp³-hybridized carbons (Fsp3) is 1.00. The molecule has 0 atom stereocenters. The zero-order valence-electron chi connectivity index (χ0n) is 6.06. The maximum Gasteiger partial charge on any atom is -0.0710 e. The predicted molar refractivity (Wildman–Crippen MR) is 62.7 cm³/mol. The molecule has 1 rings (SSSR count). The number of hydrogen-bond donors (Lipinski definition) is 0. The maximum atomic E-state index is 7.28. The first-order valence-electron chi connectivity index (χ1n) is 3.45. The van der Waals surface area contributed by atoms with Crippen molar-refractivity contribution in [3.8, 4) is 0 Å². The molecule has 0 aromatic carbocycles. The quantitative estimate of drug-likeness (QED) is 0.399. The molecule has 0 unspecified atom stereocenters. The van der Waals surface area contributed by atoms with Gasteiger partial charge in [-0.15, -0.1) is 12.1 Å². The van der Waals surface area contributed by atoms with Crippen LogP contribution in [0.4, 0.5) is 0 Å². The van der Waals surface area contributed by atoms with Crippen molar-refractivity contribution < 1.29 is 11.2 Å². The molecule has 0 radical (unpaired) electrons. The van der Waals surface area contributed by atoms with Crippen molar-refractivity contribution in [3.63, 3.8) is 0 Å². The van der Waals surface area contributed by atoms with E-state index in [-0.39, 0.29) is 12.1 Å². The largest absolute Gasteiger partial charge is 0.675 e. The van der Waals surface area contributed by atoms with Crippen molar-refractivity contribution in [3.05, 3.63) is 11.5 Å². The summed E-state index contributed by atoms with van der Waals surface area (Å²) in [6, 6.07) is 0.299. The van der Waals surface area contributed by atoms with E-state index in [4.69, 9.17) is 11.5 Å². The average molecular weight is 561 g/mol. The molecule has 1 saturated carbocycles. The van der Waals surface area contributed by atoms with Gasteiger partial charge in [-0.2, -0.15) is 0 Å². The van der Waals surface area contributed by atoms with Crippen LogP contribution in [0, 0.1) is 0 Å². The van der Waals surface area contributed by atoms with Gasteiger partial charge in [0.2, 0.25) is 0 Å². The van der Waals surface area contributed by atoms with Crippen LogP contribution in [0.3, 0.4) is 0 Å². The minimum atomic E-state index is 0.150. The van der Waals surface area contributed by atoms with Crippen LogP contribution in [0.5, 0.6) is 0 Å². The molecule has 0 amide bonds. The van der Waals surface area contributed by atoms with Gasteiger partial charge in [0.05, 0.1) is 0 Å². The van der Waals surface area contributed by atoms with Crippen LogP contribution in [-0.4, -0.2) is 12.1 Å². The first-order chi connectivity index (χ1) is 5.20. The Kier molecular flexibility index (Phi) is 10.3. The van der Waals surface area contributed by atoms with E-state index < -0.39 is 0 Å². The second kappa shape index (κ2) is 8.66. The summed E-state index contributed by atoms with van der Waals surface area (Å²) in [5.41, 5.74) is 14.6. The van der Waals surface area contributed by atoms with Crippen molar-refractivity contribution in [1.82, 2.24) is 0 Å². The topological polar surface area (TPSA) is 47.6 Å². The van der Waals surface area contributed by atoms with Crippen LogP contribution in [0.1, 0.15) is 25.7 Å². The average Bonchev–Trinajstić information content (AvgIpc) is 1.97. The van der Waals surface area contributed by atoms with Crippen LogP contribution in [0.15, 0.2) is 0 Å². The van der Waals surface area contributed by atoms with Gasteiger partial charge in [-0.3, -0.25) is 0 Å². The summed E-state index contributed by atoms with van der Waals surface area (Å²) in [7, 11) is 0. The number of rotatable bonds is 0. The fourth-order valence-corrected chi connectivity index (χ4v) is 1.09. The molecule has 0 aliphatic heterocycles. The van der Waals surface area contributed by atoms with Crippen LogP contribution < -0.4 is 0 Å². The van der Waals surface area contributed by atoms with Crippen molar-refractivity contribution in [1.29, 1.82) is 0 Å². The SMILES string of the molecule is [I][Pt+2][I].[NH-]C1CCC([NH-])CC1. The Labute approximate surface area is 97.8 Å². The molecule has 2 nitrogen and oxygen atoms in total. The van der Waals surface area contributed by atoms with Gasteiger partial charge >= 0.3 is 49.9 Å². The second-order valence-corrected chi connectivity index (χ2v) is 19.2. The zero-order valence-corrected chi connectivity index (χ0v) is 12.6.